The topological polar surface area (TPSA) is 35.5 Å². The minimum atomic E-state index is 0.229. The van der Waals surface area contributed by atoms with Gasteiger partial charge in [0, 0.05) is 42.8 Å². The van der Waals surface area contributed by atoms with Crippen molar-refractivity contribution in [3.05, 3.63) is 27.7 Å². The maximum absolute atomic E-state index is 10.2. The lowest BCUT2D eigenvalue weighted by Crippen LogP contribution is -2.45. The van der Waals surface area contributed by atoms with Gasteiger partial charge < -0.3 is 10.4 Å². The summed E-state index contributed by atoms with van der Waals surface area (Å²) in [4.78, 5) is 2.43. The van der Waals surface area contributed by atoms with E-state index in [9.17, 15) is 5.11 Å². The smallest absolute Gasteiger partial charge is 0.123 e. The van der Waals surface area contributed by atoms with E-state index < -0.39 is 0 Å². The molecular formula is C14H18Cl2N2O. The third kappa shape index (κ3) is 2.84. The minimum Gasteiger partial charge on any atom is -0.508 e. The van der Waals surface area contributed by atoms with Crippen LogP contribution in [-0.2, 0) is 0 Å². The second-order valence-corrected chi connectivity index (χ2v) is 6.23. The van der Waals surface area contributed by atoms with E-state index >= 15 is 0 Å². The summed E-state index contributed by atoms with van der Waals surface area (Å²) >= 11 is 12.3. The standard InChI is InChI=1S/C14H18Cl2N2O/c15-10-7-11(16)13(12(19)8-10)14(9-1-2-9)18-5-3-17-4-6-18/h7-9,14,17,19H,1-6H2/t14-/m1/s1. The Morgan fingerprint density at radius 1 is 1.21 bits per heavy atom. The zero-order chi connectivity index (χ0) is 13.4. The number of benzene rings is 1. The van der Waals surface area contributed by atoms with E-state index in [1.807, 2.05) is 0 Å². The monoisotopic (exact) mass is 300 g/mol. The van der Waals surface area contributed by atoms with E-state index in [2.05, 4.69) is 10.2 Å². The lowest BCUT2D eigenvalue weighted by atomic mass is 9.98. The number of piperazine rings is 1. The van der Waals surface area contributed by atoms with Crippen LogP contribution in [0.1, 0.15) is 24.4 Å². The summed E-state index contributed by atoms with van der Waals surface area (Å²) in [6.07, 6.45) is 2.43. The Balaban J connectivity index is 1.95. The van der Waals surface area contributed by atoms with Crippen LogP contribution >= 0.6 is 23.2 Å². The van der Waals surface area contributed by atoms with E-state index in [1.54, 1.807) is 12.1 Å². The summed E-state index contributed by atoms with van der Waals surface area (Å²) in [5.74, 6) is 0.843. The van der Waals surface area contributed by atoms with Crippen molar-refractivity contribution in [3.63, 3.8) is 0 Å². The fourth-order valence-electron chi connectivity index (χ4n) is 2.95. The molecule has 1 saturated heterocycles. The molecule has 2 N–H and O–H groups in total. The molecule has 0 bridgehead atoms. The predicted molar refractivity (Wildman–Crippen MR) is 78.0 cm³/mol. The number of nitrogens with one attached hydrogen (secondary N) is 1. The van der Waals surface area contributed by atoms with Crippen molar-refractivity contribution in [1.82, 2.24) is 10.2 Å². The SMILES string of the molecule is Oc1cc(Cl)cc(Cl)c1[C@@H](C1CC1)N1CCNCC1. The number of rotatable bonds is 3. The van der Waals surface area contributed by atoms with Crippen LogP contribution in [0.2, 0.25) is 10.0 Å². The van der Waals surface area contributed by atoms with E-state index in [0.29, 0.717) is 16.0 Å². The molecule has 1 aromatic rings. The zero-order valence-corrected chi connectivity index (χ0v) is 12.2. The van der Waals surface area contributed by atoms with Crippen LogP contribution in [-0.4, -0.2) is 36.2 Å². The average Bonchev–Trinajstić information content (AvgIpc) is 3.18. The van der Waals surface area contributed by atoms with Gasteiger partial charge >= 0.3 is 0 Å². The maximum Gasteiger partial charge on any atom is 0.123 e. The van der Waals surface area contributed by atoms with Crippen LogP contribution in [0.15, 0.2) is 12.1 Å². The van der Waals surface area contributed by atoms with Gasteiger partial charge in [-0.3, -0.25) is 4.90 Å². The summed E-state index contributed by atoms with van der Waals surface area (Å²) in [7, 11) is 0. The molecule has 1 atom stereocenters. The molecule has 2 fully saturated rings. The van der Waals surface area contributed by atoms with E-state index in [-0.39, 0.29) is 11.8 Å². The van der Waals surface area contributed by atoms with Crippen molar-refractivity contribution in [2.24, 2.45) is 5.92 Å². The Morgan fingerprint density at radius 2 is 1.89 bits per heavy atom. The Hall–Kier alpha value is -0.480. The molecular weight excluding hydrogens is 283 g/mol. The Kier molecular flexibility index (Phi) is 3.90. The van der Waals surface area contributed by atoms with Crippen molar-refractivity contribution in [3.8, 4) is 5.75 Å². The Labute approximate surface area is 123 Å². The van der Waals surface area contributed by atoms with Gasteiger partial charge in [-0.25, -0.2) is 0 Å². The number of phenols is 1. The lowest BCUT2D eigenvalue weighted by molar-refractivity contribution is 0.154. The van der Waals surface area contributed by atoms with Gasteiger partial charge in [0.2, 0.25) is 0 Å². The quantitative estimate of drug-likeness (QED) is 0.900. The van der Waals surface area contributed by atoms with Crippen LogP contribution in [0.4, 0.5) is 0 Å². The molecule has 0 radical (unpaired) electrons. The first kappa shape index (κ1) is 13.5. The highest BCUT2D eigenvalue weighted by atomic mass is 35.5. The van der Waals surface area contributed by atoms with Crippen LogP contribution in [0, 0.1) is 5.92 Å². The molecule has 1 aliphatic heterocycles. The molecule has 19 heavy (non-hydrogen) atoms. The molecule has 0 spiro atoms. The third-order valence-corrected chi connectivity index (χ3v) is 4.51. The van der Waals surface area contributed by atoms with E-state index in [1.165, 1.54) is 12.8 Å². The largest absolute Gasteiger partial charge is 0.508 e. The van der Waals surface area contributed by atoms with Gasteiger partial charge in [0.05, 0.1) is 5.02 Å². The molecule has 1 saturated carbocycles. The second kappa shape index (κ2) is 5.49. The van der Waals surface area contributed by atoms with Gasteiger partial charge in [0.1, 0.15) is 5.75 Å². The Bertz CT molecular complexity index is 448. The second-order valence-electron chi connectivity index (χ2n) is 5.39. The number of nitrogens with zero attached hydrogens (tertiary/aromatic N) is 1. The van der Waals surface area contributed by atoms with Gasteiger partial charge in [-0.1, -0.05) is 23.2 Å². The van der Waals surface area contributed by atoms with E-state index in [4.69, 9.17) is 23.2 Å². The lowest BCUT2D eigenvalue weighted by Gasteiger charge is -2.36. The first-order valence-corrected chi connectivity index (χ1v) is 7.55. The van der Waals surface area contributed by atoms with Crippen LogP contribution in [0.3, 0.4) is 0 Å². The van der Waals surface area contributed by atoms with Crippen molar-refractivity contribution in [2.45, 2.75) is 18.9 Å². The first-order valence-electron chi connectivity index (χ1n) is 6.79. The molecule has 5 heteroatoms. The third-order valence-electron chi connectivity index (χ3n) is 3.98. The van der Waals surface area contributed by atoms with Crippen molar-refractivity contribution in [2.75, 3.05) is 26.2 Å². The zero-order valence-electron chi connectivity index (χ0n) is 10.7. The van der Waals surface area contributed by atoms with E-state index in [0.717, 1.165) is 31.7 Å². The molecule has 0 amide bonds. The average molecular weight is 301 g/mol. The molecule has 1 heterocycles. The maximum atomic E-state index is 10.2. The fraction of sp³-hybridized carbons (Fsp3) is 0.571. The number of hydrogen-bond donors (Lipinski definition) is 2. The van der Waals surface area contributed by atoms with Gasteiger partial charge in [-0.05, 0) is 30.9 Å². The number of phenolic OH excluding ortho intramolecular Hbond substituents is 1. The molecule has 1 aliphatic carbocycles. The van der Waals surface area contributed by atoms with Gasteiger partial charge in [-0.15, -0.1) is 0 Å². The molecule has 3 nitrogen and oxygen atoms in total. The Morgan fingerprint density at radius 3 is 2.47 bits per heavy atom. The summed E-state index contributed by atoms with van der Waals surface area (Å²) < 4.78 is 0. The number of halogens is 2. The highest BCUT2D eigenvalue weighted by Gasteiger charge is 2.39. The predicted octanol–water partition coefficient (Wildman–Crippen LogP) is 3.06. The van der Waals surface area contributed by atoms with Gasteiger partial charge in [0.15, 0.2) is 0 Å². The summed E-state index contributed by atoms with van der Waals surface area (Å²) in [5, 5.41) is 14.7. The molecule has 3 rings (SSSR count). The fourth-order valence-corrected chi connectivity index (χ4v) is 3.55. The van der Waals surface area contributed by atoms with Crippen LogP contribution in [0.25, 0.3) is 0 Å². The molecule has 0 unspecified atom stereocenters. The number of aromatic hydroxyl groups is 1. The normalized spacial score (nSPS) is 22.4. The van der Waals surface area contributed by atoms with Crippen molar-refractivity contribution < 1.29 is 5.11 Å². The molecule has 0 aromatic heterocycles. The summed E-state index contributed by atoms with van der Waals surface area (Å²) in [6.45, 7) is 3.99. The molecule has 1 aromatic carbocycles. The summed E-state index contributed by atoms with van der Waals surface area (Å²) in [6, 6.07) is 3.56. The highest BCUT2D eigenvalue weighted by Crippen LogP contribution is 2.49. The molecule has 104 valence electrons. The minimum absolute atomic E-state index is 0.229. The van der Waals surface area contributed by atoms with Crippen LogP contribution in [0.5, 0.6) is 5.75 Å². The first-order chi connectivity index (χ1) is 9.16. The highest BCUT2D eigenvalue weighted by molar-refractivity contribution is 6.35. The van der Waals surface area contributed by atoms with Crippen molar-refractivity contribution in [1.29, 1.82) is 0 Å². The van der Waals surface area contributed by atoms with Crippen molar-refractivity contribution >= 4 is 23.2 Å². The van der Waals surface area contributed by atoms with Gasteiger partial charge in [0.25, 0.3) is 0 Å². The summed E-state index contributed by atoms with van der Waals surface area (Å²) in [5.41, 5.74) is 0.857. The number of hydrogen-bond acceptors (Lipinski definition) is 3. The van der Waals surface area contributed by atoms with Gasteiger partial charge in [-0.2, -0.15) is 0 Å². The van der Waals surface area contributed by atoms with Crippen LogP contribution < -0.4 is 5.32 Å². The molecule has 2 aliphatic rings.